The number of benzene rings is 1. The average Bonchev–Trinajstić information content (AvgIpc) is 2.40. The second-order valence-electron chi connectivity index (χ2n) is 4.30. The fraction of sp³-hybridized carbons (Fsp3) is 0.385. The maximum absolute atomic E-state index is 12.0. The molecule has 0 aliphatic heterocycles. The van der Waals surface area contributed by atoms with Crippen LogP contribution >= 0.6 is 31.9 Å². The summed E-state index contributed by atoms with van der Waals surface area (Å²) >= 11 is 6.63. The van der Waals surface area contributed by atoms with E-state index in [1.807, 2.05) is 6.07 Å². The average molecular weight is 408 g/mol. The molecule has 0 unspecified atom stereocenters. The maximum atomic E-state index is 12.0. The highest BCUT2D eigenvalue weighted by molar-refractivity contribution is 9.11. The fourth-order valence-electron chi connectivity index (χ4n) is 1.75. The Morgan fingerprint density at radius 2 is 1.85 bits per heavy atom. The number of carboxylic acids is 1. The van der Waals surface area contributed by atoms with Gasteiger partial charge in [0.25, 0.3) is 0 Å². The van der Waals surface area contributed by atoms with Crippen molar-refractivity contribution in [2.24, 2.45) is 0 Å². The number of aliphatic carboxylic acids is 1. The molecule has 0 heterocycles. The Bertz CT molecular complexity index is 516. The van der Waals surface area contributed by atoms with Gasteiger partial charge < -0.3 is 15.7 Å². The van der Waals surface area contributed by atoms with Crippen LogP contribution in [0.1, 0.15) is 26.7 Å². The number of amides is 2. The quantitative estimate of drug-likeness (QED) is 0.690. The van der Waals surface area contributed by atoms with Gasteiger partial charge in [0.1, 0.15) is 5.54 Å². The molecule has 5 nitrogen and oxygen atoms in total. The van der Waals surface area contributed by atoms with Crippen LogP contribution in [0.25, 0.3) is 0 Å². The van der Waals surface area contributed by atoms with Crippen LogP contribution in [0.5, 0.6) is 0 Å². The Morgan fingerprint density at radius 1 is 1.25 bits per heavy atom. The van der Waals surface area contributed by atoms with E-state index < -0.39 is 17.5 Å². The Hall–Kier alpha value is -1.08. The van der Waals surface area contributed by atoms with Crippen molar-refractivity contribution in [2.45, 2.75) is 32.2 Å². The van der Waals surface area contributed by atoms with E-state index in [9.17, 15) is 14.7 Å². The molecule has 0 fully saturated rings. The van der Waals surface area contributed by atoms with Gasteiger partial charge in [0.2, 0.25) is 0 Å². The SMILES string of the molecule is CCC(CC)(NC(=O)Nc1cc(Br)ccc1Br)C(=O)O. The molecule has 7 heteroatoms. The minimum Gasteiger partial charge on any atom is -0.480 e. The standard InChI is InChI=1S/C13H16Br2N2O3/c1-3-13(4-2,11(18)19)17-12(20)16-10-7-8(14)5-6-9(10)15/h5-7H,3-4H2,1-2H3,(H,18,19)(H2,16,17,20). The number of urea groups is 1. The van der Waals surface area contributed by atoms with Crippen molar-refractivity contribution in [3.8, 4) is 0 Å². The number of hydrogen-bond donors (Lipinski definition) is 3. The van der Waals surface area contributed by atoms with Crippen LogP contribution in [0, 0.1) is 0 Å². The summed E-state index contributed by atoms with van der Waals surface area (Å²) in [5.41, 5.74) is -0.689. The number of carbonyl (C=O) groups is 2. The molecule has 0 aliphatic rings. The van der Waals surface area contributed by atoms with Crippen LogP contribution in [0.3, 0.4) is 0 Å². The Labute approximate surface area is 134 Å². The summed E-state index contributed by atoms with van der Waals surface area (Å²) in [4.78, 5) is 23.3. The summed E-state index contributed by atoms with van der Waals surface area (Å²) < 4.78 is 1.52. The number of rotatable bonds is 5. The zero-order valence-electron chi connectivity index (χ0n) is 11.2. The van der Waals surface area contributed by atoms with Crippen LogP contribution in [-0.4, -0.2) is 22.6 Å². The summed E-state index contributed by atoms with van der Waals surface area (Å²) in [6, 6.07) is 4.79. The number of halogens is 2. The van der Waals surface area contributed by atoms with E-state index in [1.54, 1.807) is 26.0 Å². The summed E-state index contributed by atoms with van der Waals surface area (Å²) in [7, 11) is 0. The number of anilines is 1. The van der Waals surface area contributed by atoms with Crippen molar-refractivity contribution < 1.29 is 14.7 Å². The van der Waals surface area contributed by atoms with Gasteiger partial charge in [-0.2, -0.15) is 0 Å². The summed E-state index contributed by atoms with van der Waals surface area (Å²) in [5, 5.41) is 14.5. The van der Waals surface area contributed by atoms with Gasteiger partial charge in [-0.25, -0.2) is 9.59 Å². The van der Waals surface area contributed by atoms with Gasteiger partial charge in [0.05, 0.1) is 5.69 Å². The van der Waals surface area contributed by atoms with Gasteiger partial charge in [-0.05, 0) is 47.0 Å². The smallest absolute Gasteiger partial charge is 0.329 e. The van der Waals surface area contributed by atoms with E-state index in [1.165, 1.54) is 0 Å². The molecule has 1 aromatic carbocycles. The molecule has 20 heavy (non-hydrogen) atoms. The highest BCUT2D eigenvalue weighted by Crippen LogP contribution is 2.26. The molecule has 0 saturated carbocycles. The molecular weight excluding hydrogens is 392 g/mol. The molecule has 0 saturated heterocycles. The third kappa shape index (κ3) is 3.96. The van der Waals surface area contributed by atoms with Crippen molar-refractivity contribution in [2.75, 3.05) is 5.32 Å². The fourth-order valence-corrected chi connectivity index (χ4v) is 2.45. The predicted octanol–water partition coefficient (Wildman–Crippen LogP) is 3.98. The molecule has 110 valence electrons. The lowest BCUT2D eigenvalue weighted by Crippen LogP contribution is -2.55. The highest BCUT2D eigenvalue weighted by Gasteiger charge is 2.36. The van der Waals surface area contributed by atoms with E-state index in [-0.39, 0.29) is 0 Å². The minimum absolute atomic E-state index is 0.311. The van der Waals surface area contributed by atoms with Crippen LogP contribution in [0.2, 0.25) is 0 Å². The first-order chi connectivity index (χ1) is 9.34. The molecular formula is C13H16Br2N2O3. The normalized spacial score (nSPS) is 11.0. The number of carbonyl (C=O) groups excluding carboxylic acids is 1. The summed E-state index contributed by atoms with van der Waals surface area (Å²) in [6.45, 7) is 3.46. The Kier molecular flexibility index (Phi) is 6.01. The first-order valence-corrected chi connectivity index (χ1v) is 7.71. The van der Waals surface area contributed by atoms with E-state index >= 15 is 0 Å². The third-order valence-corrected chi connectivity index (χ3v) is 4.33. The zero-order chi connectivity index (χ0) is 15.3. The minimum atomic E-state index is -1.25. The molecule has 0 aliphatic carbocycles. The third-order valence-electron chi connectivity index (χ3n) is 3.15. The number of nitrogens with one attached hydrogen (secondary N) is 2. The van der Waals surface area contributed by atoms with Crippen molar-refractivity contribution in [1.29, 1.82) is 0 Å². The number of carboxylic acid groups (broad SMARTS) is 1. The maximum Gasteiger partial charge on any atom is 0.329 e. The van der Waals surface area contributed by atoms with E-state index in [0.717, 1.165) is 4.47 Å². The van der Waals surface area contributed by atoms with Crippen molar-refractivity contribution in [3.63, 3.8) is 0 Å². The molecule has 0 aromatic heterocycles. The lowest BCUT2D eigenvalue weighted by atomic mass is 9.93. The van der Waals surface area contributed by atoms with Gasteiger partial charge >= 0.3 is 12.0 Å². The second-order valence-corrected chi connectivity index (χ2v) is 6.07. The van der Waals surface area contributed by atoms with Gasteiger partial charge in [0, 0.05) is 8.95 Å². The van der Waals surface area contributed by atoms with Crippen LogP contribution in [0.15, 0.2) is 27.1 Å². The van der Waals surface area contributed by atoms with Crippen molar-refractivity contribution in [3.05, 3.63) is 27.1 Å². The Balaban J connectivity index is 2.86. The topological polar surface area (TPSA) is 78.4 Å². The van der Waals surface area contributed by atoms with Gasteiger partial charge in [-0.3, -0.25) is 0 Å². The van der Waals surface area contributed by atoms with Gasteiger partial charge in [-0.1, -0.05) is 29.8 Å². The largest absolute Gasteiger partial charge is 0.480 e. The molecule has 1 aromatic rings. The first kappa shape index (κ1) is 17.0. The second kappa shape index (κ2) is 7.08. The van der Waals surface area contributed by atoms with Crippen LogP contribution in [0.4, 0.5) is 10.5 Å². The molecule has 0 atom stereocenters. The monoisotopic (exact) mass is 406 g/mol. The lowest BCUT2D eigenvalue weighted by molar-refractivity contribution is -0.144. The van der Waals surface area contributed by atoms with Crippen molar-refractivity contribution in [1.82, 2.24) is 5.32 Å². The van der Waals surface area contributed by atoms with E-state index in [2.05, 4.69) is 42.5 Å². The van der Waals surface area contributed by atoms with E-state index in [4.69, 9.17) is 0 Å². The molecule has 0 bridgehead atoms. The van der Waals surface area contributed by atoms with E-state index in [0.29, 0.717) is 23.0 Å². The molecule has 1 rings (SSSR count). The highest BCUT2D eigenvalue weighted by atomic mass is 79.9. The summed E-state index contributed by atoms with van der Waals surface area (Å²) in [6.07, 6.45) is 0.623. The van der Waals surface area contributed by atoms with Crippen molar-refractivity contribution >= 4 is 49.5 Å². The van der Waals surface area contributed by atoms with Crippen LogP contribution < -0.4 is 10.6 Å². The Morgan fingerprint density at radius 3 is 2.35 bits per heavy atom. The first-order valence-electron chi connectivity index (χ1n) is 6.12. The van der Waals surface area contributed by atoms with Gasteiger partial charge in [0.15, 0.2) is 0 Å². The van der Waals surface area contributed by atoms with Gasteiger partial charge in [-0.15, -0.1) is 0 Å². The number of hydrogen-bond acceptors (Lipinski definition) is 2. The molecule has 0 radical (unpaired) electrons. The summed E-state index contributed by atoms with van der Waals surface area (Å²) in [5.74, 6) is -1.04. The molecule has 0 spiro atoms. The predicted molar refractivity (Wildman–Crippen MR) is 84.9 cm³/mol. The van der Waals surface area contributed by atoms with Crippen LogP contribution in [-0.2, 0) is 4.79 Å². The lowest BCUT2D eigenvalue weighted by Gasteiger charge is -2.28. The molecule has 2 amide bonds. The molecule has 3 N–H and O–H groups in total. The zero-order valence-corrected chi connectivity index (χ0v) is 14.3.